The molecule has 28 heavy (non-hydrogen) atoms. The number of fused-ring (bicyclic) bond motifs is 1. The van der Waals surface area contributed by atoms with Crippen molar-refractivity contribution < 1.29 is 22.3 Å². The van der Waals surface area contributed by atoms with Gasteiger partial charge in [0.1, 0.15) is 12.4 Å². The van der Waals surface area contributed by atoms with Crippen LogP contribution in [0.1, 0.15) is 18.4 Å². The van der Waals surface area contributed by atoms with Gasteiger partial charge in [0.25, 0.3) is 0 Å². The molecule has 0 aromatic heterocycles. The van der Waals surface area contributed by atoms with Gasteiger partial charge in [0.2, 0.25) is 10.0 Å². The van der Waals surface area contributed by atoms with E-state index in [1.165, 1.54) is 12.1 Å². The van der Waals surface area contributed by atoms with Gasteiger partial charge in [-0.25, -0.2) is 17.5 Å². The fourth-order valence-electron chi connectivity index (χ4n) is 2.67. The van der Waals surface area contributed by atoms with Crippen LogP contribution in [-0.4, -0.2) is 20.9 Å². The molecule has 0 saturated heterocycles. The molecule has 0 unspecified atom stereocenters. The Bertz CT molecular complexity index is 1070. The topological polar surface area (TPSA) is 72.5 Å². The van der Waals surface area contributed by atoms with Crippen molar-refractivity contribution in [2.75, 3.05) is 6.54 Å². The zero-order chi connectivity index (χ0) is 20.0. The van der Waals surface area contributed by atoms with Crippen molar-refractivity contribution in [2.24, 2.45) is 0 Å². The van der Waals surface area contributed by atoms with Gasteiger partial charge in [-0.15, -0.1) is 0 Å². The first kappa shape index (κ1) is 20.0. The van der Waals surface area contributed by atoms with E-state index < -0.39 is 16.0 Å². The lowest BCUT2D eigenvalue weighted by Crippen LogP contribution is -2.25. The predicted octanol–water partition coefficient (Wildman–Crippen LogP) is 3.78. The Morgan fingerprint density at radius 1 is 0.964 bits per heavy atom. The standard InChI is InChI=1S/C21H20FNO4S/c22-19-10-7-16(8-11-19)15-27-21(24)6-3-13-23-28(25,26)20-12-9-17-4-1-2-5-18(17)14-20/h1-2,4-5,7-12,14,23H,3,6,13,15H2. The molecule has 0 aliphatic rings. The molecule has 3 aromatic carbocycles. The summed E-state index contributed by atoms with van der Waals surface area (Å²) in [5, 5.41) is 1.81. The Labute approximate surface area is 163 Å². The van der Waals surface area contributed by atoms with Gasteiger partial charge in [0, 0.05) is 13.0 Å². The monoisotopic (exact) mass is 401 g/mol. The number of ether oxygens (including phenoxy) is 1. The summed E-state index contributed by atoms with van der Waals surface area (Å²) in [5.41, 5.74) is 0.687. The van der Waals surface area contributed by atoms with Crippen LogP contribution in [0.4, 0.5) is 4.39 Å². The van der Waals surface area contributed by atoms with E-state index >= 15 is 0 Å². The van der Waals surface area contributed by atoms with E-state index in [0.717, 1.165) is 10.8 Å². The third-order valence-electron chi connectivity index (χ3n) is 4.19. The van der Waals surface area contributed by atoms with Crippen molar-refractivity contribution in [3.05, 3.63) is 78.1 Å². The van der Waals surface area contributed by atoms with Crippen molar-refractivity contribution in [3.63, 3.8) is 0 Å². The second-order valence-electron chi connectivity index (χ2n) is 6.30. The quantitative estimate of drug-likeness (QED) is 0.461. The SMILES string of the molecule is O=C(CCCNS(=O)(=O)c1ccc2ccccc2c1)OCc1ccc(F)cc1. The number of hydrogen-bond donors (Lipinski definition) is 1. The maximum absolute atomic E-state index is 12.8. The Kier molecular flexibility index (Phi) is 6.38. The van der Waals surface area contributed by atoms with Gasteiger partial charge < -0.3 is 4.74 Å². The number of esters is 1. The van der Waals surface area contributed by atoms with E-state index in [2.05, 4.69) is 4.72 Å². The van der Waals surface area contributed by atoms with E-state index in [-0.39, 0.29) is 30.3 Å². The molecule has 5 nitrogen and oxygen atoms in total. The average molecular weight is 401 g/mol. The van der Waals surface area contributed by atoms with E-state index in [1.54, 1.807) is 30.3 Å². The molecule has 0 heterocycles. The molecule has 3 aromatic rings. The predicted molar refractivity (Wildman–Crippen MR) is 105 cm³/mol. The van der Waals surface area contributed by atoms with Gasteiger partial charge in [0.05, 0.1) is 4.90 Å². The Morgan fingerprint density at radius 3 is 2.43 bits per heavy atom. The molecule has 0 spiro atoms. The first-order valence-corrected chi connectivity index (χ1v) is 10.3. The Hall–Kier alpha value is -2.77. The van der Waals surface area contributed by atoms with Crippen LogP contribution < -0.4 is 4.72 Å². The first-order valence-electron chi connectivity index (χ1n) is 8.82. The molecule has 3 rings (SSSR count). The highest BCUT2D eigenvalue weighted by Crippen LogP contribution is 2.18. The minimum atomic E-state index is -3.65. The highest BCUT2D eigenvalue weighted by molar-refractivity contribution is 7.89. The molecule has 1 N–H and O–H groups in total. The minimum Gasteiger partial charge on any atom is -0.461 e. The lowest BCUT2D eigenvalue weighted by atomic mass is 10.1. The van der Waals surface area contributed by atoms with Gasteiger partial charge in [-0.1, -0.05) is 42.5 Å². The third-order valence-corrected chi connectivity index (χ3v) is 5.65. The van der Waals surface area contributed by atoms with Crippen molar-refractivity contribution in [1.82, 2.24) is 4.72 Å². The second-order valence-corrected chi connectivity index (χ2v) is 8.06. The van der Waals surface area contributed by atoms with Crippen LogP contribution >= 0.6 is 0 Å². The smallest absolute Gasteiger partial charge is 0.306 e. The summed E-state index contributed by atoms with van der Waals surface area (Å²) >= 11 is 0. The summed E-state index contributed by atoms with van der Waals surface area (Å²) in [7, 11) is -3.65. The molecule has 0 bridgehead atoms. The maximum atomic E-state index is 12.8. The molecular weight excluding hydrogens is 381 g/mol. The number of hydrogen-bond acceptors (Lipinski definition) is 4. The number of halogens is 1. The number of rotatable bonds is 8. The molecule has 0 fully saturated rings. The van der Waals surface area contributed by atoms with Crippen LogP contribution in [0.25, 0.3) is 10.8 Å². The van der Waals surface area contributed by atoms with E-state index in [4.69, 9.17) is 4.74 Å². The summed E-state index contributed by atoms with van der Waals surface area (Å²) in [5.74, 6) is -0.789. The maximum Gasteiger partial charge on any atom is 0.306 e. The van der Waals surface area contributed by atoms with Gasteiger partial charge in [-0.2, -0.15) is 0 Å². The number of carbonyl (C=O) groups excluding carboxylic acids is 1. The normalized spacial score (nSPS) is 11.5. The molecule has 0 saturated carbocycles. The molecule has 0 radical (unpaired) electrons. The van der Waals surface area contributed by atoms with Crippen LogP contribution in [0.2, 0.25) is 0 Å². The third kappa shape index (κ3) is 5.37. The summed E-state index contributed by atoms with van der Waals surface area (Å²) in [6.07, 6.45) is 0.399. The van der Waals surface area contributed by atoms with Crippen LogP contribution in [0.3, 0.4) is 0 Å². The lowest BCUT2D eigenvalue weighted by Gasteiger charge is -2.08. The highest BCUT2D eigenvalue weighted by Gasteiger charge is 2.14. The average Bonchev–Trinajstić information content (AvgIpc) is 2.70. The fraction of sp³-hybridized carbons (Fsp3) is 0.190. The molecule has 7 heteroatoms. The molecule has 0 aliphatic carbocycles. The Balaban J connectivity index is 1.45. The zero-order valence-electron chi connectivity index (χ0n) is 15.1. The molecular formula is C21H20FNO4S. The minimum absolute atomic E-state index is 0.0575. The summed E-state index contributed by atoms with van der Waals surface area (Å²) in [6.45, 7) is 0.183. The molecule has 0 amide bonds. The van der Waals surface area contributed by atoms with E-state index in [9.17, 15) is 17.6 Å². The highest BCUT2D eigenvalue weighted by atomic mass is 32.2. The Morgan fingerprint density at radius 2 is 1.68 bits per heavy atom. The first-order chi connectivity index (χ1) is 13.4. The number of benzene rings is 3. The fourth-order valence-corrected chi connectivity index (χ4v) is 3.78. The number of nitrogens with one attached hydrogen (secondary N) is 1. The summed E-state index contributed by atoms with van der Waals surface area (Å²) in [4.78, 5) is 11.9. The van der Waals surface area contributed by atoms with Gasteiger partial charge >= 0.3 is 5.97 Å². The van der Waals surface area contributed by atoms with Crippen LogP contribution in [0, 0.1) is 5.82 Å². The van der Waals surface area contributed by atoms with Crippen LogP contribution in [0.5, 0.6) is 0 Å². The summed E-state index contributed by atoms with van der Waals surface area (Å²) in [6, 6.07) is 18.1. The van der Waals surface area contributed by atoms with Crippen molar-refractivity contribution in [3.8, 4) is 0 Å². The van der Waals surface area contributed by atoms with Crippen molar-refractivity contribution in [2.45, 2.75) is 24.3 Å². The second kappa shape index (κ2) is 8.95. The van der Waals surface area contributed by atoms with E-state index in [1.807, 2.05) is 24.3 Å². The summed E-state index contributed by atoms with van der Waals surface area (Å²) < 4.78 is 45.2. The zero-order valence-corrected chi connectivity index (χ0v) is 15.9. The largest absolute Gasteiger partial charge is 0.461 e. The van der Waals surface area contributed by atoms with E-state index in [0.29, 0.717) is 12.0 Å². The van der Waals surface area contributed by atoms with Gasteiger partial charge in [0.15, 0.2) is 0 Å². The van der Waals surface area contributed by atoms with Crippen LogP contribution in [0.15, 0.2) is 71.6 Å². The number of sulfonamides is 1. The molecule has 146 valence electrons. The lowest BCUT2D eigenvalue weighted by molar-refractivity contribution is -0.145. The molecule has 0 aliphatic heterocycles. The van der Waals surface area contributed by atoms with Crippen LogP contribution in [-0.2, 0) is 26.2 Å². The van der Waals surface area contributed by atoms with Crippen molar-refractivity contribution >= 4 is 26.8 Å². The van der Waals surface area contributed by atoms with Gasteiger partial charge in [-0.3, -0.25) is 4.79 Å². The number of carbonyl (C=O) groups is 1. The van der Waals surface area contributed by atoms with Crippen molar-refractivity contribution in [1.29, 1.82) is 0 Å². The van der Waals surface area contributed by atoms with Gasteiger partial charge in [-0.05, 0) is 47.0 Å². The molecule has 0 atom stereocenters.